The van der Waals surface area contributed by atoms with Gasteiger partial charge in [-0.15, -0.1) is 0 Å². The summed E-state index contributed by atoms with van der Waals surface area (Å²) in [5.41, 5.74) is 6.41. The second kappa shape index (κ2) is 5.74. The molecule has 3 heterocycles. The molecule has 0 unspecified atom stereocenters. The van der Waals surface area contributed by atoms with Gasteiger partial charge in [0, 0.05) is 25.4 Å². The van der Waals surface area contributed by atoms with E-state index in [-0.39, 0.29) is 12.5 Å². The van der Waals surface area contributed by atoms with Crippen molar-refractivity contribution in [2.75, 3.05) is 13.1 Å². The molecule has 0 fully saturated rings. The molecule has 24 heavy (non-hydrogen) atoms. The van der Waals surface area contributed by atoms with Crippen LogP contribution in [-0.4, -0.2) is 39.4 Å². The van der Waals surface area contributed by atoms with Gasteiger partial charge in [-0.2, -0.15) is 5.10 Å². The number of hydrogen-bond acceptors (Lipinski definition) is 3. The Morgan fingerprint density at radius 3 is 2.88 bits per heavy atom. The number of aromatic nitrogens is 2. The third-order valence-corrected chi connectivity index (χ3v) is 4.74. The van der Waals surface area contributed by atoms with Crippen LogP contribution in [-0.2, 0) is 24.7 Å². The van der Waals surface area contributed by atoms with E-state index in [9.17, 15) is 4.79 Å². The summed E-state index contributed by atoms with van der Waals surface area (Å²) < 4.78 is 1.75. The molecule has 5 heteroatoms. The number of aryl methyl sites for hydroxylation is 2. The van der Waals surface area contributed by atoms with Gasteiger partial charge in [-0.1, -0.05) is 25.1 Å². The van der Waals surface area contributed by atoms with E-state index in [0.29, 0.717) is 0 Å². The highest BCUT2D eigenvalue weighted by Gasteiger charge is 2.29. The molecule has 0 atom stereocenters. The average molecular weight is 320 g/mol. The number of fused-ring (bicyclic) bond motifs is 3. The first-order valence-electron chi connectivity index (χ1n) is 8.35. The molecular formula is C19H20N4O. The van der Waals surface area contributed by atoms with Crippen LogP contribution in [0.2, 0.25) is 0 Å². The number of benzene rings is 1. The number of nitrogens with zero attached hydrogens (tertiary/aromatic N) is 4. The Morgan fingerprint density at radius 2 is 2.12 bits per heavy atom. The van der Waals surface area contributed by atoms with Crippen LogP contribution in [0.4, 0.5) is 0 Å². The second-order valence-electron chi connectivity index (χ2n) is 6.20. The lowest BCUT2D eigenvalue weighted by Gasteiger charge is -2.31. The van der Waals surface area contributed by atoms with Crippen LogP contribution in [0.15, 0.2) is 41.5 Å². The number of amides is 1. The predicted molar refractivity (Wildman–Crippen MR) is 93.8 cm³/mol. The zero-order valence-electron chi connectivity index (χ0n) is 14.0. The standard InChI is InChI=1S/C19H20N4O/c1-3-13-5-4-6-15-14(13)7-10-23-18(15)11-17(20-12-19(23)24)16-8-9-22(2)21-16/h4-6,8-9,11H,3,7,10,12H2,1-2H3. The SMILES string of the molecule is CCc1cccc2c1CCN1C(=O)CN=C(c3ccn(C)n3)C=C21. The monoisotopic (exact) mass is 320 g/mol. The van der Waals surface area contributed by atoms with Gasteiger partial charge in [0.05, 0.1) is 11.4 Å². The van der Waals surface area contributed by atoms with Gasteiger partial charge >= 0.3 is 0 Å². The minimum Gasteiger partial charge on any atom is -0.310 e. The maximum Gasteiger partial charge on any atom is 0.248 e. The molecule has 122 valence electrons. The Kier molecular flexibility index (Phi) is 3.56. The van der Waals surface area contributed by atoms with E-state index in [0.717, 1.165) is 42.1 Å². The molecule has 0 saturated heterocycles. The molecule has 0 N–H and O–H groups in total. The molecule has 5 nitrogen and oxygen atoms in total. The van der Waals surface area contributed by atoms with Crippen molar-refractivity contribution in [3.63, 3.8) is 0 Å². The van der Waals surface area contributed by atoms with Crippen molar-refractivity contribution >= 4 is 17.3 Å². The molecule has 1 amide bonds. The van der Waals surface area contributed by atoms with Crippen LogP contribution in [0.5, 0.6) is 0 Å². The summed E-state index contributed by atoms with van der Waals surface area (Å²) in [6, 6.07) is 8.31. The molecule has 0 aliphatic carbocycles. The topological polar surface area (TPSA) is 50.5 Å². The van der Waals surface area contributed by atoms with Crippen LogP contribution >= 0.6 is 0 Å². The van der Waals surface area contributed by atoms with Crippen molar-refractivity contribution in [1.82, 2.24) is 14.7 Å². The Balaban J connectivity index is 1.87. The maximum atomic E-state index is 12.5. The summed E-state index contributed by atoms with van der Waals surface area (Å²) in [6.07, 6.45) is 5.82. The molecule has 0 spiro atoms. The van der Waals surface area contributed by atoms with Gasteiger partial charge in [-0.3, -0.25) is 14.5 Å². The van der Waals surface area contributed by atoms with E-state index in [1.807, 2.05) is 30.3 Å². The largest absolute Gasteiger partial charge is 0.310 e. The van der Waals surface area contributed by atoms with Crippen molar-refractivity contribution < 1.29 is 4.79 Å². The summed E-state index contributed by atoms with van der Waals surface area (Å²) in [5, 5.41) is 4.44. The van der Waals surface area contributed by atoms with E-state index in [4.69, 9.17) is 0 Å². The second-order valence-corrected chi connectivity index (χ2v) is 6.20. The molecule has 2 aliphatic heterocycles. The average Bonchev–Trinajstić information content (AvgIpc) is 2.95. The van der Waals surface area contributed by atoms with E-state index >= 15 is 0 Å². The van der Waals surface area contributed by atoms with Crippen LogP contribution in [0.3, 0.4) is 0 Å². The maximum absolute atomic E-state index is 12.5. The summed E-state index contributed by atoms with van der Waals surface area (Å²) in [4.78, 5) is 18.9. The van der Waals surface area contributed by atoms with Gasteiger partial charge in [0.25, 0.3) is 0 Å². The molecule has 4 rings (SSSR count). The fourth-order valence-electron chi connectivity index (χ4n) is 3.53. The molecule has 1 aromatic carbocycles. The Bertz CT molecular complexity index is 875. The van der Waals surface area contributed by atoms with Crippen LogP contribution in [0.25, 0.3) is 5.70 Å². The Hall–Kier alpha value is -2.69. The van der Waals surface area contributed by atoms with Crippen molar-refractivity contribution in [3.8, 4) is 0 Å². The van der Waals surface area contributed by atoms with Gasteiger partial charge in [-0.25, -0.2) is 0 Å². The quantitative estimate of drug-likeness (QED) is 0.852. The van der Waals surface area contributed by atoms with Crippen molar-refractivity contribution in [2.24, 2.45) is 12.0 Å². The number of hydrogen-bond donors (Lipinski definition) is 0. The molecule has 0 radical (unpaired) electrons. The summed E-state index contributed by atoms with van der Waals surface area (Å²) in [7, 11) is 1.88. The molecule has 0 saturated carbocycles. The van der Waals surface area contributed by atoms with E-state index in [1.165, 1.54) is 11.1 Å². The van der Waals surface area contributed by atoms with Gasteiger partial charge in [0.1, 0.15) is 12.2 Å². The normalized spacial score (nSPS) is 16.9. The van der Waals surface area contributed by atoms with E-state index in [2.05, 4.69) is 35.2 Å². The number of allylic oxidation sites excluding steroid dienone is 1. The fourth-order valence-corrected chi connectivity index (χ4v) is 3.53. The van der Waals surface area contributed by atoms with E-state index in [1.54, 1.807) is 4.68 Å². The number of rotatable bonds is 2. The first-order chi connectivity index (χ1) is 11.7. The third kappa shape index (κ3) is 2.37. The molecular weight excluding hydrogens is 300 g/mol. The lowest BCUT2D eigenvalue weighted by Crippen LogP contribution is -2.36. The minimum atomic E-state index is 0.0553. The van der Waals surface area contributed by atoms with Crippen molar-refractivity contribution in [1.29, 1.82) is 0 Å². The molecule has 0 bridgehead atoms. The van der Waals surface area contributed by atoms with Crippen LogP contribution < -0.4 is 0 Å². The minimum absolute atomic E-state index is 0.0553. The van der Waals surface area contributed by atoms with Gasteiger partial charge in [0.2, 0.25) is 5.91 Å². The van der Waals surface area contributed by atoms with Crippen molar-refractivity contribution in [2.45, 2.75) is 19.8 Å². The summed E-state index contributed by atoms with van der Waals surface area (Å²) in [5.74, 6) is 0.0553. The van der Waals surface area contributed by atoms with Crippen LogP contribution in [0, 0.1) is 0 Å². The number of carbonyl (C=O) groups excluding carboxylic acids is 1. The summed E-state index contributed by atoms with van der Waals surface area (Å²) in [6.45, 7) is 3.07. The Morgan fingerprint density at radius 1 is 1.25 bits per heavy atom. The highest BCUT2D eigenvalue weighted by Crippen LogP contribution is 2.32. The highest BCUT2D eigenvalue weighted by atomic mass is 16.2. The smallest absolute Gasteiger partial charge is 0.248 e. The van der Waals surface area contributed by atoms with Gasteiger partial charge in [0.15, 0.2) is 0 Å². The fraction of sp³-hybridized carbons (Fsp3) is 0.316. The molecule has 1 aromatic heterocycles. The molecule has 2 aromatic rings. The zero-order valence-corrected chi connectivity index (χ0v) is 14.0. The third-order valence-electron chi connectivity index (χ3n) is 4.74. The summed E-state index contributed by atoms with van der Waals surface area (Å²) >= 11 is 0. The number of carbonyl (C=O) groups is 1. The lowest BCUT2D eigenvalue weighted by molar-refractivity contribution is -0.126. The lowest BCUT2D eigenvalue weighted by atomic mass is 9.90. The molecule has 2 aliphatic rings. The van der Waals surface area contributed by atoms with E-state index < -0.39 is 0 Å². The predicted octanol–water partition coefficient (Wildman–Crippen LogP) is 2.21. The number of aliphatic imine (C=N–C) groups is 1. The first-order valence-corrected chi connectivity index (χ1v) is 8.35. The zero-order chi connectivity index (χ0) is 16.7. The van der Waals surface area contributed by atoms with Crippen molar-refractivity contribution in [3.05, 3.63) is 58.9 Å². The van der Waals surface area contributed by atoms with Gasteiger partial charge < -0.3 is 4.90 Å². The Labute approximate surface area is 141 Å². The van der Waals surface area contributed by atoms with Gasteiger partial charge in [-0.05, 0) is 36.1 Å². The highest BCUT2D eigenvalue weighted by molar-refractivity contribution is 6.14. The first kappa shape index (κ1) is 14.9. The van der Waals surface area contributed by atoms with Crippen LogP contribution in [0.1, 0.15) is 29.3 Å².